The predicted octanol–water partition coefficient (Wildman–Crippen LogP) is 0.668. The van der Waals surface area contributed by atoms with Gasteiger partial charge in [0.25, 0.3) is 15.7 Å². The van der Waals surface area contributed by atoms with Crippen molar-refractivity contribution in [2.24, 2.45) is 10.2 Å². The number of rotatable bonds is 11. The zero-order valence-electron chi connectivity index (χ0n) is 25.3. The molecule has 3 N–H and O–H groups in total. The van der Waals surface area contributed by atoms with Crippen molar-refractivity contribution in [2.45, 2.75) is 39.5 Å². The van der Waals surface area contributed by atoms with Gasteiger partial charge in [0.05, 0.1) is 26.1 Å². The first-order valence-electron chi connectivity index (χ1n) is 12.9. The first-order valence-corrected chi connectivity index (χ1v) is 19.2. The van der Waals surface area contributed by atoms with Crippen LogP contribution in [0.5, 0.6) is 5.75 Å². The zero-order valence-corrected chi connectivity index (χ0v) is 30.6. The summed E-state index contributed by atoms with van der Waals surface area (Å²) >= 11 is 0. The summed E-state index contributed by atoms with van der Waals surface area (Å²) in [6, 6.07) is 10.1. The van der Waals surface area contributed by atoms with Crippen LogP contribution in [0.4, 0.5) is 22.7 Å². The summed E-state index contributed by atoms with van der Waals surface area (Å²) in [7, 11) is -18.3. The molecule has 0 aromatic heterocycles. The average molecular weight is 750 g/mol. The van der Waals surface area contributed by atoms with Gasteiger partial charge in [-0.2, -0.15) is 0 Å². The number of sulfonamides is 2. The van der Waals surface area contributed by atoms with Crippen molar-refractivity contribution in [3.8, 4) is 5.75 Å². The van der Waals surface area contributed by atoms with E-state index in [2.05, 4.69) is 19.7 Å². The van der Waals surface area contributed by atoms with E-state index in [1.807, 2.05) is 0 Å². The monoisotopic (exact) mass is 749 g/mol. The number of aromatic hydroxyl groups is 1. The Morgan fingerprint density at radius 1 is 0.792 bits per heavy atom. The Balaban J connectivity index is 0.00000625. The standard InChI is InChI=1S/C26H25N5O12S4.Na/c1-15(2)29-46(39,40)24-14-22(28-27-20-11-10-16(31(33)34)12-23(20)44(3,35)36)25-19(26(24)32)8-5-9-21(25)30-45(37,38)17-6-4-7-18(13-17)47(41,42)43;/h4-15,29-30,32H,1-3H3,(H,41,42,43);/q;+1/p-1. The molecule has 0 aliphatic carbocycles. The first-order chi connectivity index (χ1) is 21.6. The minimum Gasteiger partial charge on any atom is -0.744 e. The molecule has 0 saturated carbocycles. The molecule has 48 heavy (non-hydrogen) atoms. The third kappa shape index (κ3) is 8.54. The van der Waals surface area contributed by atoms with Crippen LogP contribution in [0.15, 0.2) is 96.5 Å². The van der Waals surface area contributed by atoms with Crippen LogP contribution in [-0.4, -0.2) is 60.6 Å². The third-order valence-corrected chi connectivity index (χ3v) is 11.2. The van der Waals surface area contributed by atoms with Crippen LogP contribution in [0.2, 0.25) is 0 Å². The molecule has 17 nitrogen and oxygen atoms in total. The summed E-state index contributed by atoms with van der Waals surface area (Å²) in [4.78, 5) is 7.65. The molecule has 0 aliphatic heterocycles. The summed E-state index contributed by atoms with van der Waals surface area (Å²) in [5, 5.41) is 29.7. The number of nitrogens with zero attached hydrogens (tertiary/aromatic N) is 3. The Hall–Kier alpha value is -3.54. The number of nitro groups is 1. The van der Waals surface area contributed by atoms with Gasteiger partial charge < -0.3 is 9.66 Å². The van der Waals surface area contributed by atoms with Crippen LogP contribution < -0.4 is 39.0 Å². The molecule has 22 heteroatoms. The molecule has 0 amide bonds. The number of anilines is 1. The summed E-state index contributed by atoms with van der Waals surface area (Å²) in [5.41, 5.74) is -1.69. The van der Waals surface area contributed by atoms with Crippen molar-refractivity contribution in [1.29, 1.82) is 0 Å². The van der Waals surface area contributed by atoms with Crippen molar-refractivity contribution in [2.75, 3.05) is 11.0 Å². The smallest absolute Gasteiger partial charge is 0.744 e. The van der Waals surface area contributed by atoms with Gasteiger partial charge in [-0.3, -0.25) is 14.8 Å². The SMILES string of the molecule is CC(C)NS(=O)(=O)c1cc(N=Nc2ccc([N+](=O)[O-])cc2S(C)(=O)=O)c2c(NS(=O)(=O)c3cccc(S(=O)(=O)[O-])c3)cccc2c1O.[Na+]. The molecule has 0 radical (unpaired) electrons. The van der Waals surface area contributed by atoms with Crippen LogP contribution in [0.1, 0.15) is 13.8 Å². The maximum atomic E-state index is 13.3. The number of benzene rings is 4. The molecule has 0 atom stereocenters. The van der Waals surface area contributed by atoms with E-state index in [1.54, 1.807) is 0 Å². The number of phenols is 1. The van der Waals surface area contributed by atoms with Crippen LogP contribution in [0.25, 0.3) is 10.8 Å². The summed E-state index contributed by atoms with van der Waals surface area (Å²) < 4.78 is 117. The van der Waals surface area contributed by atoms with Crippen molar-refractivity contribution in [1.82, 2.24) is 4.72 Å². The Kier molecular flexibility index (Phi) is 11.5. The molecular formula is C26H24N5NaO12S4. The molecule has 250 valence electrons. The Labute approximate surface area is 297 Å². The number of phenolic OH excluding ortho intramolecular Hbond substituents is 1. The van der Waals surface area contributed by atoms with E-state index in [9.17, 15) is 53.4 Å². The summed E-state index contributed by atoms with van der Waals surface area (Å²) in [6.45, 7) is 3.02. The van der Waals surface area contributed by atoms with Crippen LogP contribution in [0, 0.1) is 10.1 Å². The van der Waals surface area contributed by atoms with Gasteiger partial charge in [-0.15, -0.1) is 10.2 Å². The maximum absolute atomic E-state index is 13.3. The number of hydrogen-bond acceptors (Lipinski definition) is 14. The molecule has 0 spiro atoms. The molecule has 0 fully saturated rings. The van der Waals surface area contributed by atoms with Crippen molar-refractivity contribution < 1.29 is 77.8 Å². The van der Waals surface area contributed by atoms with Crippen molar-refractivity contribution in [3.63, 3.8) is 0 Å². The van der Waals surface area contributed by atoms with Gasteiger partial charge in [0.15, 0.2) is 9.84 Å². The third-order valence-electron chi connectivity index (χ3n) is 6.23. The second-order valence-electron chi connectivity index (χ2n) is 10.2. The number of nitro benzene ring substituents is 1. The minimum atomic E-state index is -5.03. The van der Waals surface area contributed by atoms with Gasteiger partial charge in [0.1, 0.15) is 31.3 Å². The Bertz CT molecular complexity index is 2420. The minimum absolute atomic E-state index is 0. The summed E-state index contributed by atoms with van der Waals surface area (Å²) in [5.74, 6) is -0.820. The van der Waals surface area contributed by atoms with Crippen molar-refractivity contribution in [3.05, 3.63) is 76.8 Å². The molecule has 4 aromatic carbocycles. The number of non-ortho nitro benzene ring substituents is 1. The second kappa shape index (κ2) is 14.1. The molecule has 0 heterocycles. The zero-order chi connectivity index (χ0) is 35.1. The fourth-order valence-electron chi connectivity index (χ4n) is 4.27. The fourth-order valence-corrected chi connectivity index (χ4v) is 8.18. The van der Waals surface area contributed by atoms with E-state index in [-0.39, 0.29) is 46.0 Å². The van der Waals surface area contributed by atoms with Crippen LogP contribution in [0.3, 0.4) is 0 Å². The number of hydrogen-bond donors (Lipinski definition) is 3. The molecule has 4 aromatic rings. The molecule has 0 bridgehead atoms. The number of sulfone groups is 1. The first kappa shape index (κ1) is 38.9. The molecule has 0 aliphatic rings. The maximum Gasteiger partial charge on any atom is 1.00 e. The van der Waals surface area contributed by atoms with E-state index < -0.39 is 93.4 Å². The van der Waals surface area contributed by atoms with Crippen molar-refractivity contribution >= 4 is 73.5 Å². The Morgan fingerprint density at radius 3 is 1.98 bits per heavy atom. The van der Waals surface area contributed by atoms with Gasteiger partial charge in [-0.25, -0.2) is 38.4 Å². The number of azo groups is 1. The van der Waals surface area contributed by atoms with Gasteiger partial charge in [0, 0.05) is 35.2 Å². The van der Waals surface area contributed by atoms with E-state index in [4.69, 9.17) is 0 Å². The normalized spacial score (nSPS) is 12.7. The van der Waals surface area contributed by atoms with Crippen LogP contribution >= 0.6 is 0 Å². The van der Waals surface area contributed by atoms with Gasteiger partial charge in [0.2, 0.25) is 10.0 Å². The van der Waals surface area contributed by atoms with Gasteiger partial charge in [-0.05, 0) is 50.2 Å². The largest absolute Gasteiger partial charge is 1.00 e. The van der Waals surface area contributed by atoms with Crippen LogP contribution in [-0.2, 0) is 40.0 Å². The van der Waals surface area contributed by atoms with E-state index in [0.717, 1.165) is 48.7 Å². The summed E-state index contributed by atoms with van der Waals surface area (Å²) in [6.07, 6.45) is 0.767. The van der Waals surface area contributed by atoms with E-state index >= 15 is 0 Å². The van der Waals surface area contributed by atoms with Gasteiger partial charge >= 0.3 is 29.6 Å². The Morgan fingerprint density at radius 2 is 1.40 bits per heavy atom. The molecule has 4 rings (SSSR count). The number of nitrogens with one attached hydrogen (secondary N) is 2. The van der Waals surface area contributed by atoms with E-state index in [1.165, 1.54) is 32.0 Å². The quantitative estimate of drug-likeness (QED) is 0.0628. The average Bonchev–Trinajstić information content (AvgIpc) is 2.95. The predicted molar refractivity (Wildman–Crippen MR) is 167 cm³/mol. The molecule has 0 saturated heterocycles. The fraction of sp³-hybridized carbons (Fsp3) is 0.154. The van der Waals surface area contributed by atoms with E-state index in [0.29, 0.717) is 6.07 Å². The molecule has 0 unspecified atom stereocenters. The second-order valence-corrected chi connectivity index (χ2v) is 16.9. The topological polar surface area (TPSA) is 272 Å². The number of fused-ring (bicyclic) bond motifs is 1. The molecular weight excluding hydrogens is 726 g/mol. The van der Waals surface area contributed by atoms with Gasteiger partial charge in [-0.1, -0.05) is 18.2 Å².